The van der Waals surface area contributed by atoms with Gasteiger partial charge in [0, 0.05) is 0 Å². The maximum atomic E-state index is 13.0. The lowest BCUT2D eigenvalue weighted by atomic mass is 10.1. The van der Waals surface area contributed by atoms with Gasteiger partial charge in [0.2, 0.25) is 11.0 Å². The number of anilines is 1. The maximum absolute atomic E-state index is 13.0. The highest BCUT2D eigenvalue weighted by Crippen LogP contribution is 2.19. The quantitative estimate of drug-likeness (QED) is 0.226. The molecule has 3 amide bonds. The highest BCUT2D eigenvalue weighted by Gasteiger charge is 2.29. The molecule has 0 radical (unpaired) electrons. The molecule has 0 spiro atoms. The molecular formula is C28H27N5O5S2. The SMILES string of the molecule is N[C@@H](Cc1ccc(OCc2ccccc2)cc1)C(=O)NCC(=O)N(C(=O)OCc1ccccc1)c1n[nH]c(=S)s1. The summed E-state index contributed by atoms with van der Waals surface area (Å²) in [6.45, 7) is -0.0993. The fraction of sp³-hybridized carbons (Fsp3) is 0.179. The van der Waals surface area contributed by atoms with E-state index in [1.165, 1.54) is 0 Å². The topological polar surface area (TPSA) is 140 Å². The van der Waals surface area contributed by atoms with Gasteiger partial charge in [0.1, 0.15) is 19.0 Å². The third-order valence-corrected chi connectivity index (χ3v) is 6.71. The van der Waals surface area contributed by atoms with E-state index in [1.807, 2.05) is 60.7 Å². The van der Waals surface area contributed by atoms with Crippen LogP contribution in [0.1, 0.15) is 16.7 Å². The number of nitrogens with one attached hydrogen (secondary N) is 2. The first-order valence-corrected chi connectivity index (χ1v) is 13.5. The van der Waals surface area contributed by atoms with Crippen molar-refractivity contribution in [3.8, 4) is 5.75 Å². The molecule has 0 bridgehead atoms. The number of carbonyl (C=O) groups excluding carboxylic acids is 3. The van der Waals surface area contributed by atoms with Crippen molar-refractivity contribution in [3.63, 3.8) is 0 Å². The Morgan fingerprint density at radius 3 is 2.15 bits per heavy atom. The first-order chi connectivity index (χ1) is 19.4. The molecule has 10 nitrogen and oxygen atoms in total. The Morgan fingerprint density at radius 2 is 1.55 bits per heavy atom. The van der Waals surface area contributed by atoms with Crippen LogP contribution in [0.2, 0.25) is 0 Å². The third kappa shape index (κ3) is 8.30. The minimum Gasteiger partial charge on any atom is -0.489 e. The van der Waals surface area contributed by atoms with Gasteiger partial charge >= 0.3 is 6.09 Å². The van der Waals surface area contributed by atoms with Crippen molar-refractivity contribution in [2.24, 2.45) is 5.73 Å². The third-order valence-electron chi connectivity index (χ3n) is 5.63. The predicted octanol–water partition coefficient (Wildman–Crippen LogP) is 4.14. The van der Waals surface area contributed by atoms with Gasteiger partial charge in [-0.2, -0.15) is 4.90 Å². The van der Waals surface area contributed by atoms with Crippen molar-refractivity contribution in [2.45, 2.75) is 25.7 Å². The summed E-state index contributed by atoms with van der Waals surface area (Å²) in [6, 6.07) is 25.2. The van der Waals surface area contributed by atoms with Crippen LogP contribution in [0.15, 0.2) is 84.9 Å². The molecule has 40 heavy (non-hydrogen) atoms. The number of amides is 3. The first-order valence-electron chi connectivity index (χ1n) is 12.3. The molecule has 0 saturated carbocycles. The number of carbonyl (C=O) groups is 3. The summed E-state index contributed by atoms with van der Waals surface area (Å²) in [5, 5.41) is 8.94. The second kappa shape index (κ2) is 14.1. The zero-order chi connectivity index (χ0) is 28.3. The van der Waals surface area contributed by atoms with Crippen molar-refractivity contribution < 1.29 is 23.9 Å². The Hall–Kier alpha value is -4.39. The van der Waals surface area contributed by atoms with Gasteiger partial charge in [0.05, 0.1) is 12.6 Å². The van der Waals surface area contributed by atoms with Gasteiger partial charge in [-0.15, -0.1) is 5.10 Å². The molecule has 12 heteroatoms. The summed E-state index contributed by atoms with van der Waals surface area (Å²) in [6.07, 6.45) is -0.706. The van der Waals surface area contributed by atoms with Gasteiger partial charge in [-0.05, 0) is 47.5 Å². The molecular weight excluding hydrogens is 550 g/mol. The van der Waals surface area contributed by atoms with E-state index >= 15 is 0 Å². The van der Waals surface area contributed by atoms with Crippen LogP contribution in [0.3, 0.4) is 0 Å². The van der Waals surface area contributed by atoms with Gasteiger partial charge in [-0.25, -0.2) is 4.79 Å². The fourth-order valence-electron chi connectivity index (χ4n) is 3.57. The number of nitrogens with zero attached hydrogens (tertiary/aromatic N) is 2. The van der Waals surface area contributed by atoms with Gasteiger partial charge in [-0.3, -0.25) is 14.7 Å². The molecule has 3 aromatic carbocycles. The zero-order valence-corrected chi connectivity index (χ0v) is 23.0. The van der Waals surface area contributed by atoms with Gasteiger partial charge < -0.3 is 20.5 Å². The lowest BCUT2D eigenvalue weighted by Crippen LogP contribution is -2.48. The number of ether oxygens (including phenoxy) is 2. The monoisotopic (exact) mass is 577 g/mol. The second-order valence-electron chi connectivity index (χ2n) is 8.61. The van der Waals surface area contributed by atoms with E-state index < -0.39 is 30.5 Å². The molecule has 4 aromatic rings. The van der Waals surface area contributed by atoms with Gasteiger partial charge in [0.25, 0.3) is 5.91 Å². The largest absolute Gasteiger partial charge is 0.489 e. The number of aromatic amines is 1. The van der Waals surface area contributed by atoms with Crippen LogP contribution >= 0.6 is 23.6 Å². The van der Waals surface area contributed by atoms with Crippen molar-refractivity contribution in [1.82, 2.24) is 15.5 Å². The Labute approximate surface area is 239 Å². The van der Waals surface area contributed by atoms with Crippen LogP contribution in [0.4, 0.5) is 9.93 Å². The van der Waals surface area contributed by atoms with E-state index in [0.29, 0.717) is 12.4 Å². The minimum absolute atomic E-state index is 0.00109. The summed E-state index contributed by atoms with van der Waals surface area (Å²) < 4.78 is 11.4. The molecule has 0 fully saturated rings. The highest BCUT2D eigenvalue weighted by molar-refractivity contribution is 7.73. The number of benzene rings is 3. The summed E-state index contributed by atoms with van der Waals surface area (Å²) in [4.78, 5) is 39.1. The minimum atomic E-state index is -0.945. The number of nitrogens with two attached hydrogens (primary N) is 1. The standard InChI is InChI=1S/C28H27N5O5S2/c29-23(15-19-11-13-22(14-12-19)37-17-20-7-3-1-4-8-20)25(35)30-16-24(34)33(26-31-32-27(39)40-26)28(36)38-18-21-9-5-2-6-10-21/h1-14,23H,15-18,29H2,(H,30,35)(H,32,39)/t23-/m0/s1. The van der Waals surface area contributed by atoms with Gasteiger partial charge in [0.15, 0.2) is 3.95 Å². The van der Waals surface area contributed by atoms with E-state index in [0.717, 1.165) is 32.9 Å². The molecule has 1 heterocycles. The van der Waals surface area contributed by atoms with Crippen molar-refractivity contribution in [2.75, 3.05) is 11.4 Å². The average molecular weight is 578 g/mol. The van der Waals surface area contributed by atoms with E-state index in [-0.39, 0.29) is 22.1 Å². The van der Waals surface area contributed by atoms with E-state index in [1.54, 1.807) is 24.3 Å². The van der Waals surface area contributed by atoms with E-state index in [2.05, 4.69) is 15.5 Å². The molecule has 1 aromatic heterocycles. The summed E-state index contributed by atoms with van der Waals surface area (Å²) in [5.74, 6) is -0.613. The first kappa shape index (κ1) is 28.6. The number of rotatable bonds is 11. The lowest BCUT2D eigenvalue weighted by molar-refractivity contribution is -0.125. The number of aromatic nitrogens is 2. The van der Waals surface area contributed by atoms with Crippen LogP contribution in [-0.4, -0.2) is 40.7 Å². The van der Waals surface area contributed by atoms with Crippen LogP contribution in [0.25, 0.3) is 0 Å². The molecule has 0 unspecified atom stereocenters. The highest BCUT2D eigenvalue weighted by atomic mass is 32.1. The predicted molar refractivity (Wildman–Crippen MR) is 153 cm³/mol. The Kier molecular flexibility index (Phi) is 10.1. The summed E-state index contributed by atoms with van der Waals surface area (Å²) in [5.41, 5.74) is 8.70. The number of H-pyrrole nitrogens is 1. The molecule has 0 saturated heterocycles. The summed E-state index contributed by atoms with van der Waals surface area (Å²) in [7, 11) is 0. The van der Waals surface area contributed by atoms with E-state index in [9.17, 15) is 14.4 Å². The number of hydrogen-bond donors (Lipinski definition) is 3. The van der Waals surface area contributed by atoms with E-state index in [4.69, 9.17) is 27.4 Å². The average Bonchev–Trinajstić information content (AvgIpc) is 3.40. The van der Waals surface area contributed by atoms with Crippen LogP contribution in [-0.2, 0) is 34.0 Å². The number of imide groups is 1. The van der Waals surface area contributed by atoms with Crippen molar-refractivity contribution in [1.29, 1.82) is 0 Å². The lowest BCUT2D eigenvalue weighted by Gasteiger charge is -2.18. The number of hydrogen-bond acceptors (Lipinski definition) is 9. The fourth-order valence-corrected chi connectivity index (χ4v) is 4.46. The Balaban J connectivity index is 1.29. The molecule has 1 atom stereocenters. The van der Waals surface area contributed by atoms with Crippen molar-refractivity contribution in [3.05, 3.63) is 106 Å². The van der Waals surface area contributed by atoms with Crippen molar-refractivity contribution >= 4 is 46.6 Å². The normalized spacial score (nSPS) is 11.3. The molecule has 4 rings (SSSR count). The Bertz CT molecular complexity index is 1480. The summed E-state index contributed by atoms with van der Waals surface area (Å²) >= 11 is 5.95. The molecule has 4 N–H and O–H groups in total. The van der Waals surface area contributed by atoms with Crippen LogP contribution < -0.4 is 20.7 Å². The molecule has 206 valence electrons. The smallest absolute Gasteiger partial charge is 0.423 e. The van der Waals surface area contributed by atoms with Gasteiger partial charge in [-0.1, -0.05) is 84.1 Å². The maximum Gasteiger partial charge on any atom is 0.423 e. The second-order valence-corrected chi connectivity index (χ2v) is 10.3. The molecule has 0 aliphatic heterocycles. The molecule has 0 aliphatic rings. The Morgan fingerprint density at radius 1 is 0.925 bits per heavy atom. The zero-order valence-electron chi connectivity index (χ0n) is 21.3. The van der Waals surface area contributed by atoms with Crippen LogP contribution in [0.5, 0.6) is 5.75 Å². The molecule has 0 aliphatic carbocycles. The van der Waals surface area contributed by atoms with Crippen LogP contribution in [0, 0.1) is 3.95 Å².